The lowest BCUT2D eigenvalue weighted by molar-refractivity contribution is 0.111. The Kier molecular flexibility index (Phi) is 4.96. The number of piperidine rings is 1. The van der Waals surface area contributed by atoms with E-state index >= 15 is 0 Å². The average Bonchev–Trinajstić information content (AvgIpc) is 3.06. The maximum absolute atomic E-state index is 5.55. The van der Waals surface area contributed by atoms with E-state index in [9.17, 15) is 0 Å². The smallest absolute Gasteiger partial charge is 0.244 e. The van der Waals surface area contributed by atoms with Crippen molar-refractivity contribution in [3.63, 3.8) is 0 Å². The molecule has 1 aromatic carbocycles. The van der Waals surface area contributed by atoms with Crippen LogP contribution in [0.25, 0.3) is 0 Å². The van der Waals surface area contributed by atoms with E-state index in [1.807, 2.05) is 12.1 Å². The zero-order valence-electron chi connectivity index (χ0n) is 14.2. The first kappa shape index (κ1) is 16.0. The van der Waals surface area contributed by atoms with E-state index in [0.29, 0.717) is 5.92 Å². The van der Waals surface area contributed by atoms with Crippen LogP contribution in [0.3, 0.4) is 0 Å². The van der Waals surface area contributed by atoms with Crippen LogP contribution in [-0.2, 0) is 6.54 Å². The lowest BCUT2D eigenvalue weighted by Crippen LogP contribution is -2.33. The van der Waals surface area contributed by atoms with Gasteiger partial charge < -0.3 is 9.26 Å². The first-order chi connectivity index (χ1) is 11.2. The van der Waals surface area contributed by atoms with Crippen LogP contribution in [0.1, 0.15) is 62.3 Å². The largest absolute Gasteiger partial charge is 0.497 e. The molecule has 1 unspecified atom stereocenters. The number of rotatable bonds is 5. The summed E-state index contributed by atoms with van der Waals surface area (Å²) in [5.41, 5.74) is 1.25. The van der Waals surface area contributed by atoms with Crippen molar-refractivity contribution in [2.75, 3.05) is 13.7 Å². The van der Waals surface area contributed by atoms with Crippen molar-refractivity contribution in [2.45, 2.75) is 51.6 Å². The molecule has 1 aliphatic heterocycles. The van der Waals surface area contributed by atoms with Crippen molar-refractivity contribution in [3.8, 4) is 5.75 Å². The molecule has 0 bridgehead atoms. The van der Waals surface area contributed by atoms with Crippen LogP contribution in [-0.4, -0.2) is 28.7 Å². The Morgan fingerprint density at radius 3 is 2.96 bits per heavy atom. The van der Waals surface area contributed by atoms with Gasteiger partial charge in [0, 0.05) is 12.5 Å². The number of aromatic nitrogens is 2. The normalized spacial score (nSPS) is 19.2. The van der Waals surface area contributed by atoms with Gasteiger partial charge in [0.1, 0.15) is 5.75 Å². The molecule has 5 nitrogen and oxygen atoms in total. The van der Waals surface area contributed by atoms with Gasteiger partial charge in [0.2, 0.25) is 5.89 Å². The van der Waals surface area contributed by atoms with E-state index in [0.717, 1.165) is 37.0 Å². The Hall–Kier alpha value is -1.88. The zero-order chi connectivity index (χ0) is 16.2. The summed E-state index contributed by atoms with van der Waals surface area (Å²) < 4.78 is 10.9. The van der Waals surface area contributed by atoms with E-state index < -0.39 is 0 Å². The molecule has 0 radical (unpaired) electrons. The van der Waals surface area contributed by atoms with Crippen LogP contribution in [0.2, 0.25) is 0 Å². The molecule has 23 heavy (non-hydrogen) atoms. The second kappa shape index (κ2) is 7.13. The van der Waals surface area contributed by atoms with Gasteiger partial charge in [0.05, 0.1) is 13.2 Å². The molecule has 1 aromatic heterocycles. The van der Waals surface area contributed by atoms with Gasteiger partial charge >= 0.3 is 0 Å². The minimum atomic E-state index is 0.218. The van der Waals surface area contributed by atoms with Crippen LogP contribution >= 0.6 is 0 Å². The lowest BCUT2D eigenvalue weighted by Gasteiger charge is -2.33. The van der Waals surface area contributed by atoms with Gasteiger partial charge in [-0.05, 0) is 37.1 Å². The van der Waals surface area contributed by atoms with Gasteiger partial charge in [0.25, 0.3) is 0 Å². The Balaban J connectivity index is 1.77. The average molecular weight is 315 g/mol. The van der Waals surface area contributed by atoms with E-state index in [-0.39, 0.29) is 6.04 Å². The molecule has 0 amide bonds. The number of methoxy groups -OCH3 is 1. The van der Waals surface area contributed by atoms with Crippen LogP contribution in [0.15, 0.2) is 28.8 Å². The van der Waals surface area contributed by atoms with Gasteiger partial charge in [-0.25, -0.2) is 0 Å². The highest BCUT2D eigenvalue weighted by atomic mass is 16.5. The van der Waals surface area contributed by atoms with Gasteiger partial charge in [0.15, 0.2) is 5.82 Å². The topological polar surface area (TPSA) is 51.4 Å². The quantitative estimate of drug-likeness (QED) is 0.837. The molecular weight excluding hydrogens is 290 g/mol. The van der Waals surface area contributed by atoms with E-state index in [1.54, 1.807) is 7.11 Å². The molecule has 0 N–H and O–H groups in total. The maximum atomic E-state index is 5.55. The summed E-state index contributed by atoms with van der Waals surface area (Å²) in [5, 5.41) is 4.13. The number of benzene rings is 1. The highest BCUT2D eigenvalue weighted by Gasteiger charge is 2.29. The zero-order valence-corrected chi connectivity index (χ0v) is 14.2. The fraction of sp³-hybridized carbons (Fsp3) is 0.556. The van der Waals surface area contributed by atoms with Gasteiger partial charge in [-0.15, -0.1) is 0 Å². The van der Waals surface area contributed by atoms with E-state index in [4.69, 9.17) is 9.26 Å². The summed E-state index contributed by atoms with van der Waals surface area (Å²) in [4.78, 5) is 7.06. The van der Waals surface area contributed by atoms with Gasteiger partial charge in [-0.1, -0.05) is 37.6 Å². The van der Waals surface area contributed by atoms with Crippen molar-refractivity contribution in [3.05, 3.63) is 41.5 Å². The van der Waals surface area contributed by atoms with Gasteiger partial charge in [-0.2, -0.15) is 4.98 Å². The SMILES string of the molecule is COc1cccc(CN2CCCCC2c2nc(C(C)C)no2)c1. The monoisotopic (exact) mass is 315 g/mol. The lowest BCUT2D eigenvalue weighted by atomic mass is 10.0. The number of likely N-dealkylation sites (tertiary alicyclic amines) is 1. The Bertz CT molecular complexity index is 639. The van der Waals surface area contributed by atoms with Crippen LogP contribution in [0, 0.1) is 0 Å². The first-order valence-electron chi connectivity index (χ1n) is 8.38. The molecule has 5 heteroatoms. The fourth-order valence-corrected chi connectivity index (χ4v) is 3.08. The van der Waals surface area contributed by atoms with Crippen molar-refractivity contribution >= 4 is 0 Å². The molecule has 1 aliphatic rings. The third-order valence-electron chi connectivity index (χ3n) is 4.39. The third-order valence-corrected chi connectivity index (χ3v) is 4.39. The summed E-state index contributed by atoms with van der Waals surface area (Å²) in [6, 6.07) is 8.47. The van der Waals surface area contributed by atoms with Crippen molar-refractivity contribution in [2.24, 2.45) is 0 Å². The Labute approximate surface area is 137 Å². The van der Waals surface area contributed by atoms with E-state index in [1.165, 1.54) is 18.4 Å². The molecule has 2 aromatic rings. The summed E-state index contributed by atoms with van der Waals surface area (Å²) in [6.07, 6.45) is 3.49. The second-order valence-electron chi connectivity index (χ2n) is 6.48. The highest BCUT2D eigenvalue weighted by molar-refractivity contribution is 5.28. The molecule has 2 heterocycles. The minimum absolute atomic E-state index is 0.218. The summed E-state index contributed by atoms with van der Waals surface area (Å²) >= 11 is 0. The first-order valence-corrected chi connectivity index (χ1v) is 8.38. The molecule has 3 rings (SSSR count). The Morgan fingerprint density at radius 1 is 1.35 bits per heavy atom. The second-order valence-corrected chi connectivity index (χ2v) is 6.48. The maximum Gasteiger partial charge on any atom is 0.244 e. The molecular formula is C18H25N3O2. The number of ether oxygens (including phenoxy) is 1. The molecule has 1 saturated heterocycles. The predicted octanol–water partition coefficient (Wildman–Crippen LogP) is 3.93. The predicted molar refractivity (Wildman–Crippen MR) is 88.4 cm³/mol. The van der Waals surface area contributed by atoms with Crippen molar-refractivity contribution in [1.29, 1.82) is 0 Å². The highest BCUT2D eigenvalue weighted by Crippen LogP contribution is 2.32. The van der Waals surface area contributed by atoms with Crippen LogP contribution < -0.4 is 4.74 Å². The number of hydrogen-bond acceptors (Lipinski definition) is 5. The summed E-state index contributed by atoms with van der Waals surface area (Å²) in [6.45, 7) is 6.11. The minimum Gasteiger partial charge on any atom is -0.497 e. The van der Waals surface area contributed by atoms with Crippen molar-refractivity contribution in [1.82, 2.24) is 15.0 Å². The summed E-state index contributed by atoms with van der Waals surface area (Å²) in [5.74, 6) is 2.75. The fourth-order valence-electron chi connectivity index (χ4n) is 3.08. The van der Waals surface area contributed by atoms with Crippen LogP contribution in [0.5, 0.6) is 5.75 Å². The molecule has 1 atom stereocenters. The molecule has 0 aliphatic carbocycles. The standard InChI is InChI=1S/C18H25N3O2/c1-13(2)17-19-18(23-20-17)16-9-4-5-10-21(16)12-14-7-6-8-15(11-14)22-3/h6-8,11,13,16H,4-5,9-10,12H2,1-3H3. The third kappa shape index (κ3) is 3.72. The number of hydrogen-bond donors (Lipinski definition) is 0. The molecule has 1 fully saturated rings. The van der Waals surface area contributed by atoms with E-state index in [2.05, 4.69) is 41.0 Å². The van der Waals surface area contributed by atoms with Crippen molar-refractivity contribution < 1.29 is 9.26 Å². The number of nitrogens with zero attached hydrogens (tertiary/aromatic N) is 3. The molecule has 0 spiro atoms. The Morgan fingerprint density at radius 2 is 2.22 bits per heavy atom. The molecule has 124 valence electrons. The van der Waals surface area contributed by atoms with Gasteiger partial charge in [-0.3, -0.25) is 4.90 Å². The van der Waals surface area contributed by atoms with Crippen LogP contribution in [0.4, 0.5) is 0 Å². The molecule has 0 saturated carbocycles. The summed E-state index contributed by atoms with van der Waals surface area (Å²) in [7, 11) is 1.70.